The number of hydrogen-bond acceptors (Lipinski definition) is 4. The molecule has 5 heteroatoms. The number of rotatable bonds is 6. The van der Waals surface area contributed by atoms with Crippen LogP contribution in [0.4, 0.5) is 5.69 Å². The summed E-state index contributed by atoms with van der Waals surface area (Å²) >= 11 is 1.41. The van der Waals surface area contributed by atoms with Crippen LogP contribution in [-0.2, 0) is 17.9 Å². The van der Waals surface area contributed by atoms with Crippen molar-refractivity contribution in [1.82, 2.24) is 4.98 Å². The summed E-state index contributed by atoms with van der Waals surface area (Å²) in [7, 11) is 1.61. The molecule has 3 rings (SSSR count). The molecule has 3 aromatic rings. The van der Waals surface area contributed by atoms with Gasteiger partial charge in [-0.1, -0.05) is 42.3 Å². The summed E-state index contributed by atoms with van der Waals surface area (Å²) in [6, 6.07) is 17.2. The van der Waals surface area contributed by atoms with Gasteiger partial charge < -0.3 is 9.64 Å². The van der Waals surface area contributed by atoms with Gasteiger partial charge in [0.15, 0.2) is 0 Å². The molecule has 0 bridgehead atoms. The first kappa shape index (κ1) is 17.9. The molecule has 1 amide bonds. The van der Waals surface area contributed by atoms with Crippen LogP contribution in [0.1, 0.15) is 26.6 Å². The number of aromatic nitrogens is 1. The third kappa shape index (κ3) is 4.17. The Kier molecular flexibility index (Phi) is 5.80. The number of carbonyl (C=O) groups excluding carboxylic acids is 1. The molecule has 0 aliphatic carbocycles. The highest BCUT2D eigenvalue weighted by Gasteiger charge is 2.21. The van der Waals surface area contributed by atoms with Gasteiger partial charge in [0.1, 0.15) is 10.7 Å². The minimum Gasteiger partial charge on any atom is -0.378 e. The predicted octanol–water partition coefficient (Wildman–Crippen LogP) is 4.12. The van der Waals surface area contributed by atoms with Crippen LogP contribution in [0.2, 0.25) is 0 Å². The smallest absolute Gasteiger partial charge is 0.278 e. The highest BCUT2D eigenvalue weighted by Crippen LogP contribution is 2.22. The fraction of sp³-hybridized carbons (Fsp3) is 0.143. The van der Waals surface area contributed by atoms with Gasteiger partial charge in [-0.2, -0.15) is 0 Å². The van der Waals surface area contributed by atoms with Gasteiger partial charge in [0, 0.05) is 23.7 Å². The summed E-state index contributed by atoms with van der Waals surface area (Å²) in [5.41, 5.74) is 2.91. The van der Waals surface area contributed by atoms with Gasteiger partial charge in [0.25, 0.3) is 5.91 Å². The van der Waals surface area contributed by atoms with E-state index in [1.807, 2.05) is 54.6 Å². The number of terminal acetylenes is 1. The highest BCUT2D eigenvalue weighted by atomic mass is 32.1. The zero-order valence-corrected chi connectivity index (χ0v) is 15.2. The molecular weight excluding hydrogens is 344 g/mol. The Morgan fingerprint density at radius 3 is 2.77 bits per heavy atom. The van der Waals surface area contributed by atoms with Gasteiger partial charge >= 0.3 is 0 Å². The van der Waals surface area contributed by atoms with Crippen molar-refractivity contribution in [2.75, 3.05) is 12.0 Å². The van der Waals surface area contributed by atoms with E-state index in [2.05, 4.69) is 10.9 Å². The van der Waals surface area contributed by atoms with Crippen molar-refractivity contribution in [2.45, 2.75) is 13.2 Å². The Labute approximate surface area is 157 Å². The molecule has 2 aromatic carbocycles. The molecule has 4 nitrogen and oxygen atoms in total. The lowest BCUT2D eigenvalue weighted by molar-refractivity contribution is 0.0980. The first-order valence-corrected chi connectivity index (χ1v) is 8.95. The van der Waals surface area contributed by atoms with E-state index in [9.17, 15) is 4.79 Å². The number of nitrogens with zero attached hydrogens (tertiary/aromatic N) is 2. The van der Waals surface area contributed by atoms with E-state index in [1.54, 1.807) is 17.4 Å². The van der Waals surface area contributed by atoms with Crippen molar-refractivity contribution in [3.05, 3.63) is 81.8 Å². The Morgan fingerprint density at radius 1 is 1.23 bits per heavy atom. The van der Waals surface area contributed by atoms with E-state index < -0.39 is 0 Å². The molecule has 0 aliphatic heterocycles. The minimum absolute atomic E-state index is 0.165. The van der Waals surface area contributed by atoms with Crippen molar-refractivity contribution in [2.24, 2.45) is 0 Å². The number of amides is 1. The van der Waals surface area contributed by atoms with Crippen LogP contribution in [-0.4, -0.2) is 18.0 Å². The second-order valence-electron chi connectivity index (χ2n) is 5.63. The van der Waals surface area contributed by atoms with E-state index in [0.29, 0.717) is 18.8 Å². The fourth-order valence-electron chi connectivity index (χ4n) is 2.55. The molecule has 0 saturated heterocycles. The number of anilines is 1. The average molecular weight is 362 g/mol. The second-order valence-corrected chi connectivity index (χ2v) is 6.57. The zero-order chi connectivity index (χ0) is 18.4. The van der Waals surface area contributed by atoms with Crippen LogP contribution in [0.25, 0.3) is 0 Å². The van der Waals surface area contributed by atoms with Gasteiger partial charge in [0.2, 0.25) is 0 Å². The molecule has 26 heavy (non-hydrogen) atoms. The van der Waals surface area contributed by atoms with Crippen LogP contribution in [0.5, 0.6) is 0 Å². The number of methoxy groups -OCH3 is 1. The molecule has 130 valence electrons. The Hall–Kier alpha value is -2.94. The van der Waals surface area contributed by atoms with E-state index in [1.165, 1.54) is 11.3 Å². The Bertz CT molecular complexity index is 928. The maximum atomic E-state index is 13.1. The first-order chi connectivity index (χ1) is 12.7. The molecule has 0 spiro atoms. The van der Waals surface area contributed by atoms with Crippen LogP contribution in [0.3, 0.4) is 0 Å². The summed E-state index contributed by atoms with van der Waals surface area (Å²) in [4.78, 5) is 19.2. The Morgan fingerprint density at radius 2 is 2.04 bits per heavy atom. The summed E-state index contributed by atoms with van der Waals surface area (Å²) in [5, 5.41) is 2.53. The summed E-state index contributed by atoms with van der Waals surface area (Å²) < 4.78 is 5.09. The molecular formula is C21H18N2O2S. The lowest BCUT2D eigenvalue weighted by Gasteiger charge is -2.22. The normalized spacial score (nSPS) is 10.3. The lowest BCUT2D eigenvalue weighted by Crippen LogP contribution is -2.30. The number of hydrogen-bond donors (Lipinski definition) is 0. The molecule has 1 aromatic heterocycles. The minimum atomic E-state index is -0.165. The van der Waals surface area contributed by atoms with Gasteiger partial charge in [-0.3, -0.25) is 4.79 Å². The van der Waals surface area contributed by atoms with Crippen LogP contribution < -0.4 is 4.90 Å². The zero-order valence-electron chi connectivity index (χ0n) is 14.4. The number of carbonyl (C=O) groups is 1. The number of ether oxygens (including phenoxy) is 1. The molecule has 0 atom stereocenters. The van der Waals surface area contributed by atoms with Gasteiger partial charge in [0.05, 0.1) is 13.2 Å². The van der Waals surface area contributed by atoms with Crippen molar-refractivity contribution in [1.29, 1.82) is 0 Å². The molecule has 0 N–H and O–H groups in total. The predicted molar refractivity (Wildman–Crippen MR) is 104 cm³/mol. The van der Waals surface area contributed by atoms with E-state index in [0.717, 1.165) is 21.8 Å². The van der Waals surface area contributed by atoms with Crippen molar-refractivity contribution < 1.29 is 9.53 Å². The van der Waals surface area contributed by atoms with Gasteiger partial charge in [-0.25, -0.2) is 4.98 Å². The summed E-state index contributed by atoms with van der Waals surface area (Å²) in [5.74, 6) is 2.45. The molecule has 0 unspecified atom stereocenters. The van der Waals surface area contributed by atoms with E-state index in [4.69, 9.17) is 11.2 Å². The standard InChI is InChI=1S/C21H18N2O2S/c1-3-16-10-7-11-18(12-16)23(13-17-8-5-4-6-9-17)21(24)19-15-26-20(22-19)14-25-2/h1,4-12,15H,13-14H2,2H3. The quantitative estimate of drug-likeness (QED) is 0.620. The van der Waals surface area contributed by atoms with E-state index >= 15 is 0 Å². The summed E-state index contributed by atoms with van der Waals surface area (Å²) in [6.45, 7) is 0.827. The van der Waals surface area contributed by atoms with Crippen LogP contribution in [0, 0.1) is 12.3 Å². The molecule has 0 saturated carbocycles. The van der Waals surface area contributed by atoms with Crippen molar-refractivity contribution in [3.63, 3.8) is 0 Å². The molecule has 0 aliphatic rings. The topological polar surface area (TPSA) is 42.4 Å². The fourth-order valence-corrected chi connectivity index (χ4v) is 3.29. The van der Waals surface area contributed by atoms with E-state index in [-0.39, 0.29) is 5.91 Å². The monoisotopic (exact) mass is 362 g/mol. The molecule has 1 heterocycles. The first-order valence-electron chi connectivity index (χ1n) is 8.07. The van der Waals surface area contributed by atoms with Gasteiger partial charge in [-0.05, 0) is 23.8 Å². The van der Waals surface area contributed by atoms with Gasteiger partial charge in [-0.15, -0.1) is 17.8 Å². The SMILES string of the molecule is C#Cc1cccc(N(Cc2ccccc2)C(=O)c2csc(COC)n2)c1. The third-order valence-electron chi connectivity index (χ3n) is 3.79. The maximum absolute atomic E-state index is 13.1. The average Bonchev–Trinajstić information content (AvgIpc) is 3.15. The Balaban J connectivity index is 1.95. The molecule has 0 fully saturated rings. The lowest BCUT2D eigenvalue weighted by atomic mass is 10.1. The maximum Gasteiger partial charge on any atom is 0.278 e. The summed E-state index contributed by atoms with van der Waals surface area (Å²) in [6.07, 6.45) is 5.52. The largest absolute Gasteiger partial charge is 0.378 e. The highest BCUT2D eigenvalue weighted by molar-refractivity contribution is 7.09. The number of benzene rings is 2. The van der Waals surface area contributed by atoms with Crippen LogP contribution in [0.15, 0.2) is 60.0 Å². The van der Waals surface area contributed by atoms with Crippen LogP contribution >= 0.6 is 11.3 Å². The second kappa shape index (κ2) is 8.43. The molecule has 0 radical (unpaired) electrons. The van der Waals surface area contributed by atoms with Crippen molar-refractivity contribution in [3.8, 4) is 12.3 Å². The van der Waals surface area contributed by atoms with Crippen molar-refractivity contribution >= 4 is 22.9 Å². The number of thiazole rings is 1. The third-order valence-corrected chi connectivity index (χ3v) is 4.61.